The third-order valence-corrected chi connectivity index (χ3v) is 5.37. The van der Waals surface area contributed by atoms with Gasteiger partial charge >= 0.3 is 0 Å². The van der Waals surface area contributed by atoms with Crippen LogP contribution in [0.4, 0.5) is 0 Å². The van der Waals surface area contributed by atoms with E-state index in [-0.39, 0.29) is 23.0 Å². The molecule has 2 aliphatic heterocycles. The number of rotatable bonds is 2. The van der Waals surface area contributed by atoms with Crippen molar-refractivity contribution in [1.29, 1.82) is 0 Å². The van der Waals surface area contributed by atoms with E-state index in [4.69, 9.17) is 16.3 Å². The molecule has 0 aliphatic carbocycles. The highest BCUT2D eigenvalue weighted by atomic mass is 35.5. The lowest BCUT2D eigenvalue weighted by Crippen LogP contribution is -2.48. The van der Waals surface area contributed by atoms with Gasteiger partial charge in [-0.2, -0.15) is 0 Å². The second kappa shape index (κ2) is 6.35. The van der Waals surface area contributed by atoms with Crippen LogP contribution in [0.1, 0.15) is 29.8 Å². The number of amides is 1. The zero-order valence-electron chi connectivity index (χ0n) is 13.3. The molecule has 2 saturated heterocycles. The Bertz CT molecular complexity index is 763. The number of aliphatic hydroxyl groups excluding tert-OH is 1. The molecule has 1 amide bonds. The second-order valence-electron chi connectivity index (χ2n) is 6.48. The summed E-state index contributed by atoms with van der Waals surface area (Å²) in [7, 11) is 0. The summed E-state index contributed by atoms with van der Waals surface area (Å²) >= 11 is 6.25. The molecular weight excluding hydrogens is 330 g/mol. The maximum Gasteiger partial charge on any atom is 0.274 e. The summed E-state index contributed by atoms with van der Waals surface area (Å²) in [6.07, 6.45) is 3.80. The number of nitrogens with zero attached hydrogens (tertiary/aromatic N) is 3. The number of hydrogen-bond donors (Lipinski definition) is 1. The minimum Gasteiger partial charge on any atom is -0.393 e. The van der Waals surface area contributed by atoms with Gasteiger partial charge in [0, 0.05) is 31.3 Å². The first-order valence-corrected chi connectivity index (χ1v) is 8.74. The molecule has 0 saturated carbocycles. The number of halogens is 1. The van der Waals surface area contributed by atoms with Gasteiger partial charge in [0.15, 0.2) is 10.8 Å². The average Bonchev–Trinajstić information content (AvgIpc) is 3.18. The number of imidazole rings is 1. The van der Waals surface area contributed by atoms with Crippen LogP contribution in [-0.2, 0) is 4.74 Å². The first kappa shape index (κ1) is 15.9. The second-order valence-corrected chi connectivity index (χ2v) is 6.84. The van der Waals surface area contributed by atoms with Crippen LogP contribution in [0, 0.1) is 5.92 Å². The Morgan fingerprint density at radius 3 is 3.08 bits per heavy atom. The number of likely N-dealkylation sites (tertiary alicyclic amines) is 1. The summed E-state index contributed by atoms with van der Waals surface area (Å²) < 4.78 is 7.27. The lowest BCUT2D eigenvalue weighted by molar-refractivity contribution is -0.0590. The van der Waals surface area contributed by atoms with Crippen LogP contribution in [-0.4, -0.2) is 57.2 Å². The number of hydrogen-bond acceptors (Lipinski definition) is 4. The van der Waals surface area contributed by atoms with Crippen molar-refractivity contribution in [1.82, 2.24) is 14.3 Å². The zero-order chi connectivity index (χ0) is 16.7. The number of carbonyl (C=O) groups is 1. The number of aliphatic hydroxyl groups is 1. The largest absolute Gasteiger partial charge is 0.393 e. The molecule has 4 heterocycles. The molecule has 3 unspecified atom stereocenters. The van der Waals surface area contributed by atoms with E-state index in [1.54, 1.807) is 10.6 Å². The van der Waals surface area contributed by atoms with Crippen molar-refractivity contribution >= 4 is 23.2 Å². The molecule has 24 heavy (non-hydrogen) atoms. The Morgan fingerprint density at radius 1 is 1.38 bits per heavy atom. The van der Waals surface area contributed by atoms with Gasteiger partial charge in [-0.1, -0.05) is 17.7 Å². The number of aromatic nitrogens is 2. The van der Waals surface area contributed by atoms with E-state index in [0.29, 0.717) is 37.5 Å². The monoisotopic (exact) mass is 349 g/mol. The van der Waals surface area contributed by atoms with Crippen molar-refractivity contribution in [2.45, 2.75) is 31.4 Å². The molecule has 3 atom stereocenters. The highest BCUT2D eigenvalue weighted by molar-refractivity contribution is 6.32. The molecule has 0 aromatic carbocycles. The molecule has 6 nitrogen and oxygen atoms in total. The molecule has 4 rings (SSSR count). The lowest BCUT2D eigenvalue weighted by atomic mass is 9.89. The van der Waals surface area contributed by atoms with Crippen molar-refractivity contribution < 1.29 is 14.6 Å². The first-order valence-electron chi connectivity index (χ1n) is 8.36. The number of fused-ring (bicyclic) bond motifs is 1. The first-order chi connectivity index (χ1) is 11.7. The van der Waals surface area contributed by atoms with Crippen LogP contribution < -0.4 is 0 Å². The fraction of sp³-hybridized carbons (Fsp3) is 0.529. The summed E-state index contributed by atoms with van der Waals surface area (Å²) in [6.45, 7) is 1.75. The van der Waals surface area contributed by atoms with Gasteiger partial charge in [0.2, 0.25) is 0 Å². The smallest absolute Gasteiger partial charge is 0.274 e. The van der Waals surface area contributed by atoms with Crippen molar-refractivity contribution in [3.63, 3.8) is 0 Å². The SMILES string of the molecule is O=C(c1c(Cl)nc2ccccn12)N1CCCC1C1COCCC1O. The molecular formula is C17H20ClN3O3. The molecule has 7 heteroatoms. The van der Waals surface area contributed by atoms with Gasteiger partial charge in [-0.3, -0.25) is 9.20 Å². The van der Waals surface area contributed by atoms with Crippen LogP contribution in [0.25, 0.3) is 5.65 Å². The standard InChI is InChI=1S/C17H20ClN3O3/c18-16-15(21-7-2-1-5-14(21)19-16)17(23)20-8-3-4-12(20)11-10-24-9-6-13(11)22/h1-2,5,7,11-13,22H,3-4,6,8-10H2. The van der Waals surface area contributed by atoms with Crippen LogP contribution in [0.15, 0.2) is 24.4 Å². The van der Waals surface area contributed by atoms with Gasteiger partial charge < -0.3 is 14.7 Å². The van der Waals surface area contributed by atoms with E-state index in [9.17, 15) is 9.90 Å². The van der Waals surface area contributed by atoms with Gasteiger partial charge in [0.1, 0.15) is 5.65 Å². The highest BCUT2D eigenvalue weighted by Crippen LogP contribution is 2.32. The van der Waals surface area contributed by atoms with Gasteiger partial charge in [0.25, 0.3) is 5.91 Å². The number of ether oxygens (including phenoxy) is 1. The Kier molecular flexibility index (Phi) is 4.20. The van der Waals surface area contributed by atoms with Crippen molar-refractivity contribution in [2.24, 2.45) is 5.92 Å². The predicted octanol–water partition coefficient (Wildman–Crippen LogP) is 1.99. The topological polar surface area (TPSA) is 67.1 Å². The normalized spacial score (nSPS) is 27.8. The molecule has 2 fully saturated rings. The Balaban J connectivity index is 1.66. The van der Waals surface area contributed by atoms with Gasteiger partial charge in [0.05, 0.1) is 12.7 Å². The fourth-order valence-corrected chi connectivity index (χ4v) is 4.16. The van der Waals surface area contributed by atoms with E-state index >= 15 is 0 Å². The summed E-state index contributed by atoms with van der Waals surface area (Å²) in [4.78, 5) is 19.3. The van der Waals surface area contributed by atoms with Crippen molar-refractivity contribution in [3.05, 3.63) is 35.2 Å². The number of carbonyl (C=O) groups excluding carboxylic acids is 1. The van der Waals surface area contributed by atoms with Crippen LogP contribution in [0.2, 0.25) is 5.15 Å². The van der Waals surface area contributed by atoms with E-state index in [0.717, 1.165) is 12.8 Å². The van der Waals surface area contributed by atoms with E-state index in [1.165, 1.54) is 0 Å². The molecule has 0 spiro atoms. The number of pyridine rings is 1. The van der Waals surface area contributed by atoms with Gasteiger partial charge in [-0.05, 0) is 31.4 Å². The molecule has 0 bridgehead atoms. The summed E-state index contributed by atoms with van der Waals surface area (Å²) in [5.41, 5.74) is 1.05. The summed E-state index contributed by atoms with van der Waals surface area (Å²) in [6, 6.07) is 5.52. The minimum absolute atomic E-state index is 0.0156. The summed E-state index contributed by atoms with van der Waals surface area (Å²) in [5.74, 6) is -0.165. The van der Waals surface area contributed by atoms with E-state index in [2.05, 4.69) is 4.98 Å². The van der Waals surface area contributed by atoms with Crippen LogP contribution >= 0.6 is 11.6 Å². The van der Waals surface area contributed by atoms with Gasteiger partial charge in [-0.15, -0.1) is 0 Å². The van der Waals surface area contributed by atoms with Crippen LogP contribution in [0.5, 0.6) is 0 Å². The molecule has 2 aliphatic rings. The Labute approximate surface area is 145 Å². The van der Waals surface area contributed by atoms with E-state index in [1.807, 2.05) is 23.1 Å². The Hall–Kier alpha value is -1.63. The fourth-order valence-electron chi connectivity index (χ4n) is 3.90. The summed E-state index contributed by atoms with van der Waals surface area (Å²) in [5, 5.41) is 10.5. The quantitative estimate of drug-likeness (QED) is 0.900. The van der Waals surface area contributed by atoms with Crippen molar-refractivity contribution in [2.75, 3.05) is 19.8 Å². The van der Waals surface area contributed by atoms with Gasteiger partial charge in [-0.25, -0.2) is 4.98 Å². The van der Waals surface area contributed by atoms with Crippen LogP contribution in [0.3, 0.4) is 0 Å². The minimum atomic E-state index is -0.421. The molecule has 2 aromatic rings. The molecule has 128 valence electrons. The van der Waals surface area contributed by atoms with E-state index < -0.39 is 6.10 Å². The maximum atomic E-state index is 13.2. The highest BCUT2D eigenvalue weighted by Gasteiger charge is 2.41. The maximum absolute atomic E-state index is 13.2. The lowest BCUT2D eigenvalue weighted by Gasteiger charge is -2.36. The molecule has 0 radical (unpaired) electrons. The molecule has 2 aromatic heterocycles. The third kappa shape index (κ3) is 2.59. The zero-order valence-corrected chi connectivity index (χ0v) is 14.0. The predicted molar refractivity (Wildman–Crippen MR) is 89.2 cm³/mol. The van der Waals surface area contributed by atoms with Crippen molar-refractivity contribution in [3.8, 4) is 0 Å². The average molecular weight is 350 g/mol. The third-order valence-electron chi connectivity index (χ3n) is 5.11. The Morgan fingerprint density at radius 2 is 2.25 bits per heavy atom. The molecule has 1 N–H and O–H groups in total.